The molecule has 0 saturated heterocycles. The van der Waals surface area contributed by atoms with Crippen molar-refractivity contribution in [2.24, 2.45) is 5.92 Å². The minimum atomic E-state index is -4.11. The maximum Gasteiger partial charge on any atom is 0.267 e. The molecule has 0 spiro atoms. The summed E-state index contributed by atoms with van der Waals surface area (Å²) in [7, 11) is -4.11. The number of aliphatic hydroxyl groups is 1. The lowest BCUT2D eigenvalue weighted by Crippen LogP contribution is -2.25. The first-order chi connectivity index (χ1) is 6.85. The van der Waals surface area contributed by atoms with Gasteiger partial charge in [-0.25, -0.2) is 0 Å². The minimum Gasteiger partial charge on any atom is -0.390 e. The van der Waals surface area contributed by atoms with Gasteiger partial charge in [0.2, 0.25) is 0 Å². The molecule has 0 amide bonds. The Bertz CT molecular complexity index is 249. The first-order valence-electron chi connectivity index (χ1n) is 5.06. The van der Waals surface area contributed by atoms with E-state index in [4.69, 9.17) is 14.4 Å². The lowest BCUT2D eigenvalue weighted by atomic mass is 10.1. The number of ether oxygens (including phenoxy) is 1. The normalized spacial score (nSPS) is 16.3. The third kappa shape index (κ3) is 10.1. The molecule has 0 saturated carbocycles. The molecule has 6 heteroatoms. The summed E-state index contributed by atoms with van der Waals surface area (Å²) in [5, 5.41) is 9.14. The van der Waals surface area contributed by atoms with E-state index >= 15 is 0 Å². The van der Waals surface area contributed by atoms with Crippen molar-refractivity contribution in [3.05, 3.63) is 0 Å². The molecule has 0 heterocycles. The van der Waals surface area contributed by atoms with E-state index in [1.807, 2.05) is 0 Å². The van der Waals surface area contributed by atoms with Crippen molar-refractivity contribution in [1.82, 2.24) is 0 Å². The van der Waals surface area contributed by atoms with Gasteiger partial charge in [-0.05, 0) is 12.3 Å². The quantitative estimate of drug-likeness (QED) is 0.481. The summed E-state index contributed by atoms with van der Waals surface area (Å²) in [6.45, 7) is 4.61. The van der Waals surface area contributed by atoms with Crippen molar-refractivity contribution in [1.29, 1.82) is 0 Å². The maximum atomic E-state index is 10.4. The monoisotopic (exact) mass is 240 g/mol. The van der Waals surface area contributed by atoms with Crippen LogP contribution in [-0.4, -0.2) is 43.1 Å². The average molecular weight is 240 g/mol. The van der Waals surface area contributed by atoms with Crippen LogP contribution in [0.25, 0.3) is 0 Å². The molecular weight excluding hydrogens is 220 g/mol. The molecule has 0 fully saturated rings. The van der Waals surface area contributed by atoms with Crippen molar-refractivity contribution in [2.75, 3.05) is 19.0 Å². The molecule has 0 aliphatic rings. The van der Waals surface area contributed by atoms with E-state index in [0.29, 0.717) is 12.5 Å². The van der Waals surface area contributed by atoms with Gasteiger partial charge in [-0.15, -0.1) is 0 Å². The highest BCUT2D eigenvalue weighted by Gasteiger charge is 2.13. The van der Waals surface area contributed by atoms with Crippen LogP contribution in [0.15, 0.2) is 0 Å². The molecule has 0 aliphatic carbocycles. The predicted octanol–water partition coefficient (Wildman–Crippen LogP) is 0.688. The molecular formula is C9H20O5S. The van der Waals surface area contributed by atoms with Crippen LogP contribution in [0.4, 0.5) is 0 Å². The first-order valence-corrected chi connectivity index (χ1v) is 6.67. The molecule has 0 radical (unpaired) electrons. The Morgan fingerprint density at radius 3 is 2.47 bits per heavy atom. The van der Waals surface area contributed by atoms with Gasteiger partial charge in [0.1, 0.15) is 5.75 Å². The molecule has 0 bridgehead atoms. The number of hydrogen-bond donors (Lipinski definition) is 2. The standard InChI is InChI=1S/C9H20O5S/c1-3-8(2)4-5-14-6-9(10)7-15(11,12)13/h8-10H,3-7H2,1-2H3,(H,11,12,13). The second-order valence-corrected chi connectivity index (χ2v) is 5.28. The van der Waals surface area contributed by atoms with Gasteiger partial charge < -0.3 is 9.84 Å². The van der Waals surface area contributed by atoms with Gasteiger partial charge in [-0.3, -0.25) is 4.55 Å². The fourth-order valence-corrected chi connectivity index (χ4v) is 1.58. The van der Waals surface area contributed by atoms with Crippen molar-refractivity contribution >= 4 is 10.1 Å². The van der Waals surface area contributed by atoms with Crippen LogP contribution in [-0.2, 0) is 14.9 Å². The molecule has 2 unspecified atom stereocenters. The topological polar surface area (TPSA) is 83.8 Å². The zero-order valence-corrected chi connectivity index (χ0v) is 10.0. The molecule has 0 aromatic heterocycles. The second-order valence-electron chi connectivity index (χ2n) is 3.78. The summed E-state index contributed by atoms with van der Waals surface area (Å²) in [6, 6.07) is 0. The molecule has 5 nitrogen and oxygen atoms in total. The van der Waals surface area contributed by atoms with E-state index in [2.05, 4.69) is 13.8 Å². The predicted molar refractivity (Wildman–Crippen MR) is 57.3 cm³/mol. The van der Waals surface area contributed by atoms with Gasteiger partial charge in [-0.2, -0.15) is 8.42 Å². The van der Waals surface area contributed by atoms with Gasteiger partial charge >= 0.3 is 0 Å². The Labute approximate surface area is 91.2 Å². The van der Waals surface area contributed by atoms with Crippen LogP contribution < -0.4 is 0 Å². The Morgan fingerprint density at radius 2 is 2.00 bits per heavy atom. The highest BCUT2D eigenvalue weighted by Crippen LogP contribution is 2.06. The zero-order valence-electron chi connectivity index (χ0n) is 9.22. The Morgan fingerprint density at radius 1 is 1.40 bits per heavy atom. The highest BCUT2D eigenvalue weighted by atomic mass is 32.2. The van der Waals surface area contributed by atoms with E-state index in [1.165, 1.54) is 0 Å². The van der Waals surface area contributed by atoms with Gasteiger partial charge in [0.05, 0.1) is 12.7 Å². The van der Waals surface area contributed by atoms with Gasteiger partial charge in [-0.1, -0.05) is 20.3 Å². The Hall–Kier alpha value is -0.170. The van der Waals surface area contributed by atoms with Gasteiger partial charge in [0.15, 0.2) is 0 Å². The molecule has 92 valence electrons. The van der Waals surface area contributed by atoms with Crippen molar-refractivity contribution < 1.29 is 22.8 Å². The molecule has 0 aromatic carbocycles. The third-order valence-corrected chi connectivity index (χ3v) is 2.97. The van der Waals surface area contributed by atoms with Crippen LogP contribution in [0.1, 0.15) is 26.7 Å². The van der Waals surface area contributed by atoms with E-state index in [9.17, 15) is 8.42 Å². The van der Waals surface area contributed by atoms with E-state index in [-0.39, 0.29) is 6.61 Å². The SMILES string of the molecule is CCC(C)CCOCC(O)CS(=O)(=O)O. The average Bonchev–Trinajstić information content (AvgIpc) is 2.09. The van der Waals surface area contributed by atoms with Crippen LogP contribution in [0, 0.1) is 5.92 Å². The summed E-state index contributed by atoms with van der Waals surface area (Å²) in [5.74, 6) is -0.111. The van der Waals surface area contributed by atoms with E-state index in [0.717, 1.165) is 12.8 Å². The molecule has 2 atom stereocenters. The minimum absolute atomic E-state index is 0.0593. The summed E-state index contributed by atoms with van der Waals surface area (Å²) in [5.41, 5.74) is 0. The van der Waals surface area contributed by atoms with Crippen LogP contribution in [0.5, 0.6) is 0 Å². The van der Waals surface area contributed by atoms with Gasteiger partial charge in [0, 0.05) is 6.61 Å². The fraction of sp³-hybridized carbons (Fsp3) is 1.00. The first kappa shape index (κ1) is 14.8. The summed E-state index contributed by atoms with van der Waals surface area (Å²) in [4.78, 5) is 0. The van der Waals surface area contributed by atoms with E-state index in [1.54, 1.807) is 0 Å². The van der Waals surface area contributed by atoms with Gasteiger partial charge in [0.25, 0.3) is 10.1 Å². The zero-order chi connectivity index (χ0) is 11.9. The molecule has 0 rings (SSSR count). The third-order valence-electron chi connectivity index (χ3n) is 2.17. The lowest BCUT2D eigenvalue weighted by molar-refractivity contribution is 0.0417. The summed E-state index contributed by atoms with van der Waals surface area (Å²) in [6.07, 6.45) is 0.795. The lowest BCUT2D eigenvalue weighted by Gasteiger charge is -2.11. The van der Waals surface area contributed by atoms with Crippen molar-refractivity contribution in [2.45, 2.75) is 32.8 Å². The smallest absolute Gasteiger partial charge is 0.267 e. The number of hydrogen-bond acceptors (Lipinski definition) is 4. The number of rotatable bonds is 8. The number of aliphatic hydroxyl groups excluding tert-OH is 1. The summed E-state index contributed by atoms with van der Waals surface area (Å²) < 4.78 is 34.3. The van der Waals surface area contributed by atoms with Crippen molar-refractivity contribution in [3.8, 4) is 0 Å². The van der Waals surface area contributed by atoms with Crippen LogP contribution in [0.3, 0.4) is 0 Å². The Balaban J connectivity index is 3.52. The van der Waals surface area contributed by atoms with Crippen LogP contribution in [0.2, 0.25) is 0 Å². The molecule has 15 heavy (non-hydrogen) atoms. The maximum absolute atomic E-state index is 10.4. The van der Waals surface area contributed by atoms with Crippen molar-refractivity contribution in [3.63, 3.8) is 0 Å². The largest absolute Gasteiger partial charge is 0.390 e. The Kier molecular flexibility index (Phi) is 7.08. The fourth-order valence-electron chi connectivity index (χ4n) is 0.999. The van der Waals surface area contributed by atoms with Crippen LogP contribution >= 0.6 is 0 Å². The molecule has 0 aromatic rings. The second kappa shape index (κ2) is 7.16. The molecule has 2 N–H and O–H groups in total. The molecule has 0 aliphatic heterocycles. The summed E-state index contributed by atoms with van der Waals surface area (Å²) >= 11 is 0. The van der Waals surface area contributed by atoms with E-state index < -0.39 is 22.0 Å². The highest BCUT2D eigenvalue weighted by molar-refractivity contribution is 7.85.